The Balaban J connectivity index is 2.54. The molecule has 0 spiro atoms. The Bertz CT molecular complexity index is 170. The first-order valence-corrected chi connectivity index (χ1v) is 3.61. The molecule has 0 aromatic carbocycles. The highest BCUT2D eigenvalue weighted by Gasteiger charge is 2.10. The van der Waals surface area contributed by atoms with Gasteiger partial charge in [-0.2, -0.15) is 0 Å². The average molecular weight is 122 g/mol. The summed E-state index contributed by atoms with van der Waals surface area (Å²) in [5, 5.41) is 2.16. The van der Waals surface area contributed by atoms with Crippen molar-refractivity contribution in [2.45, 2.75) is 12.8 Å². The van der Waals surface area contributed by atoms with Crippen LogP contribution in [0.25, 0.3) is 0 Å². The fraction of sp³-hybridized carbons (Fsp3) is 0.286. The normalized spacial score (nSPS) is 16.5. The topological polar surface area (TPSA) is 0 Å². The molecule has 1 aliphatic carbocycles. The highest BCUT2D eigenvalue weighted by Crippen LogP contribution is 2.25. The molecule has 0 amide bonds. The first-order valence-electron chi connectivity index (χ1n) is 2.73. The molecule has 0 saturated heterocycles. The van der Waals surface area contributed by atoms with Crippen molar-refractivity contribution >= 4 is 11.3 Å². The summed E-state index contributed by atoms with van der Waals surface area (Å²) in [7, 11) is 0. The van der Waals surface area contributed by atoms with E-state index < -0.39 is 0 Å². The second kappa shape index (κ2) is 1.59. The van der Waals surface area contributed by atoms with E-state index in [4.69, 9.17) is 0 Å². The van der Waals surface area contributed by atoms with Gasteiger partial charge in [-0.3, -0.25) is 0 Å². The highest BCUT2D eigenvalue weighted by molar-refractivity contribution is 7.10. The fourth-order valence-corrected chi connectivity index (χ4v) is 1.86. The van der Waals surface area contributed by atoms with Crippen molar-refractivity contribution in [1.29, 1.82) is 0 Å². The van der Waals surface area contributed by atoms with Gasteiger partial charge in [0.05, 0.1) is 0 Å². The van der Waals surface area contributed by atoms with Crippen molar-refractivity contribution in [2.75, 3.05) is 0 Å². The van der Waals surface area contributed by atoms with Gasteiger partial charge in [0.1, 0.15) is 0 Å². The summed E-state index contributed by atoms with van der Waals surface area (Å²) in [6, 6.07) is 2.19. The molecule has 0 unspecified atom stereocenters. The predicted molar refractivity (Wildman–Crippen MR) is 35.0 cm³/mol. The summed E-state index contributed by atoms with van der Waals surface area (Å²) in [6.07, 6.45) is 5.45. The number of hydrogen-bond acceptors (Lipinski definition) is 1. The lowest BCUT2D eigenvalue weighted by molar-refractivity contribution is 1.17. The highest BCUT2D eigenvalue weighted by atomic mass is 32.1. The van der Waals surface area contributed by atoms with Crippen LogP contribution in [0, 0.1) is 6.42 Å². The smallest absolute Gasteiger partial charge is 0.00835 e. The summed E-state index contributed by atoms with van der Waals surface area (Å²) in [5.41, 5.74) is 1.50. The van der Waals surface area contributed by atoms with Crippen LogP contribution < -0.4 is 0 Å². The minimum atomic E-state index is 1.08. The van der Waals surface area contributed by atoms with Crippen molar-refractivity contribution < 1.29 is 0 Å². The maximum Gasteiger partial charge on any atom is 0.00835 e. The van der Waals surface area contributed by atoms with Gasteiger partial charge >= 0.3 is 0 Å². The second-order valence-electron chi connectivity index (χ2n) is 1.97. The number of rotatable bonds is 0. The van der Waals surface area contributed by atoms with E-state index in [1.165, 1.54) is 10.4 Å². The molecule has 0 N–H and O–H groups in total. The van der Waals surface area contributed by atoms with E-state index in [0.29, 0.717) is 0 Å². The minimum Gasteiger partial charge on any atom is -0.149 e. The van der Waals surface area contributed by atoms with Gasteiger partial charge in [-0.25, -0.2) is 0 Å². The second-order valence-corrected chi connectivity index (χ2v) is 2.97. The molecule has 0 atom stereocenters. The zero-order valence-electron chi connectivity index (χ0n) is 4.48. The van der Waals surface area contributed by atoms with E-state index in [9.17, 15) is 0 Å². The molecule has 1 aromatic heterocycles. The molecule has 0 saturated carbocycles. The van der Waals surface area contributed by atoms with Crippen LogP contribution in [0.3, 0.4) is 0 Å². The standard InChI is InChI=1S/C7H6S/c1-2-6-4-5-8-7(6)3-1/h4-5H,2-3H2. The first kappa shape index (κ1) is 4.57. The molecule has 0 bridgehead atoms. The summed E-state index contributed by atoms with van der Waals surface area (Å²) in [6.45, 7) is 0. The van der Waals surface area contributed by atoms with Gasteiger partial charge in [0, 0.05) is 4.88 Å². The molecule has 0 aliphatic heterocycles. The molecular weight excluding hydrogens is 116 g/mol. The lowest BCUT2D eigenvalue weighted by Gasteiger charge is -1.79. The van der Waals surface area contributed by atoms with Crippen LogP contribution in [0.15, 0.2) is 11.4 Å². The Kier molecular flexibility index (Phi) is 0.908. The van der Waals surface area contributed by atoms with Crippen LogP contribution in [0.4, 0.5) is 0 Å². The average Bonchev–Trinajstić information content (AvgIpc) is 2.15. The predicted octanol–water partition coefficient (Wildman–Crippen LogP) is 1.93. The van der Waals surface area contributed by atoms with E-state index in [2.05, 4.69) is 17.9 Å². The van der Waals surface area contributed by atoms with E-state index in [-0.39, 0.29) is 0 Å². The Hall–Kier alpha value is -0.300. The molecule has 0 nitrogen and oxygen atoms in total. The van der Waals surface area contributed by atoms with Crippen molar-refractivity contribution in [1.82, 2.24) is 0 Å². The van der Waals surface area contributed by atoms with Crippen molar-refractivity contribution in [3.8, 4) is 0 Å². The largest absolute Gasteiger partial charge is 0.149 e. The first-order chi connectivity index (χ1) is 3.97. The molecular formula is C7H6S. The Morgan fingerprint density at radius 2 is 2.50 bits per heavy atom. The molecule has 2 rings (SSSR count). The van der Waals surface area contributed by atoms with Crippen LogP contribution in [-0.4, -0.2) is 0 Å². The lowest BCUT2D eigenvalue weighted by Crippen LogP contribution is -1.68. The fourth-order valence-electron chi connectivity index (χ4n) is 0.990. The van der Waals surface area contributed by atoms with Crippen LogP contribution in [-0.2, 0) is 12.8 Å². The van der Waals surface area contributed by atoms with Gasteiger partial charge in [0.15, 0.2) is 0 Å². The van der Waals surface area contributed by atoms with Gasteiger partial charge in [-0.15, -0.1) is 11.3 Å². The van der Waals surface area contributed by atoms with Gasteiger partial charge in [0.2, 0.25) is 0 Å². The van der Waals surface area contributed by atoms with Gasteiger partial charge in [-0.1, -0.05) is 0 Å². The van der Waals surface area contributed by atoms with Gasteiger partial charge in [0.25, 0.3) is 0 Å². The van der Waals surface area contributed by atoms with Crippen LogP contribution >= 0.6 is 11.3 Å². The Morgan fingerprint density at radius 1 is 1.50 bits per heavy atom. The summed E-state index contributed by atoms with van der Waals surface area (Å²) >= 11 is 1.85. The third-order valence-electron chi connectivity index (χ3n) is 1.44. The Labute approximate surface area is 53.2 Å². The monoisotopic (exact) mass is 122 g/mol. The van der Waals surface area contributed by atoms with E-state index in [1.807, 2.05) is 11.3 Å². The zero-order chi connectivity index (χ0) is 5.40. The van der Waals surface area contributed by atoms with E-state index in [0.717, 1.165) is 12.8 Å². The van der Waals surface area contributed by atoms with Crippen LogP contribution in [0.2, 0.25) is 0 Å². The summed E-state index contributed by atoms with van der Waals surface area (Å²) in [4.78, 5) is 1.52. The molecule has 40 valence electrons. The van der Waals surface area contributed by atoms with E-state index >= 15 is 0 Å². The zero-order valence-corrected chi connectivity index (χ0v) is 5.29. The third kappa shape index (κ3) is 0.511. The molecule has 1 aromatic rings. The molecule has 1 aliphatic rings. The lowest BCUT2D eigenvalue weighted by atomic mass is 10.3. The maximum atomic E-state index is 3.28. The van der Waals surface area contributed by atoms with Crippen molar-refractivity contribution in [2.24, 2.45) is 0 Å². The molecule has 1 heterocycles. The number of thiophene rings is 1. The van der Waals surface area contributed by atoms with Crippen LogP contribution in [0.1, 0.15) is 10.4 Å². The molecule has 2 radical (unpaired) electrons. The number of fused-ring (bicyclic) bond motifs is 1. The summed E-state index contributed by atoms with van der Waals surface area (Å²) in [5.74, 6) is 0. The van der Waals surface area contributed by atoms with Crippen molar-refractivity contribution in [3.05, 3.63) is 28.3 Å². The molecule has 8 heavy (non-hydrogen) atoms. The maximum absolute atomic E-state index is 3.28. The van der Waals surface area contributed by atoms with Crippen molar-refractivity contribution in [3.63, 3.8) is 0 Å². The Morgan fingerprint density at radius 3 is 3.38 bits per heavy atom. The summed E-state index contributed by atoms with van der Waals surface area (Å²) < 4.78 is 0. The van der Waals surface area contributed by atoms with Gasteiger partial charge < -0.3 is 0 Å². The molecule has 0 fully saturated rings. The van der Waals surface area contributed by atoms with Gasteiger partial charge in [-0.05, 0) is 36.3 Å². The minimum absolute atomic E-state index is 1.08. The molecule has 1 heteroatoms. The SMILES string of the molecule is [C]1Cc2ccsc2C1. The van der Waals surface area contributed by atoms with Crippen LogP contribution in [0.5, 0.6) is 0 Å². The number of hydrogen-bond donors (Lipinski definition) is 0. The quantitative estimate of drug-likeness (QED) is 0.493. The van der Waals surface area contributed by atoms with E-state index in [1.54, 1.807) is 0 Å². The third-order valence-corrected chi connectivity index (χ3v) is 2.40.